The highest BCUT2D eigenvalue weighted by atomic mass is 19.2. The third kappa shape index (κ3) is 3.01. The molecular formula is C19H25F2N3O. The summed E-state index contributed by atoms with van der Waals surface area (Å²) < 4.78 is 26.6. The van der Waals surface area contributed by atoms with Crippen LogP contribution in [0, 0.1) is 11.6 Å². The lowest BCUT2D eigenvalue weighted by Crippen LogP contribution is -2.62. The van der Waals surface area contributed by atoms with Gasteiger partial charge in [0.05, 0.1) is 6.04 Å². The van der Waals surface area contributed by atoms with E-state index in [1.54, 1.807) is 6.07 Å². The Hall–Kier alpha value is -1.69. The standard InChI is InChI=1S/C19H25F2N3O/c1-13-19(25)23-8-2-3-16(23)12-24(13)14-6-9-22(10-7-14)15-4-5-17(20)18(21)11-15/h4-5,11,13-14,16H,2-3,6-10,12H2,1H3/t13-,16+/m1/s1. The Morgan fingerprint density at radius 1 is 1.00 bits per heavy atom. The van der Waals surface area contributed by atoms with Crippen LogP contribution >= 0.6 is 0 Å². The molecule has 0 saturated carbocycles. The number of carbonyl (C=O) groups excluding carboxylic acids is 1. The SMILES string of the molecule is C[C@@H]1C(=O)N2CCC[C@H]2CN1C1CCN(c2ccc(F)c(F)c2)CC1. The summed E-state index contributed by atoms with van der Waals surface area (Å²) in [6.07, 6.45) is 4.13. The number of halogens is 2. The van der Waals surface area contributed by atoms with Gasteiger partial charge in [-0.15, -0.1) is 0 Å². The fourth-order valence-electron chi connectivity index (χ4n) is 4.70. The second kappa shape index (κ2) is 6.56. The topological polar surface area (TPSA) is 26.8 Å². The molecule has 0 unspecified atom stereocenters. The average Bonchev–Trinajstić information content (AvgIpc) is 3.09. The fraction of sp³-hybridized carbons (Fsp3) is 0.632. The van der Waals surface area contributed by atoms with Crippen molar-refractivity contribution in [2.75, 3.05) is 31.1 Å². The van der Waals surface area contributed by atoms with E-state index in [-0.39, 0.29) is 11.9 Å². The first kappa shape index (κ1) is 16.8. The molecule has 25 heavy (non-hydrogen) atoms. The number of nitrogens with zero attached hydrogens (tertiary/aromatic N) is 3. The van der Waals surface area contributed by atoms with Crippen molar-refractivity contribution < 1.29 is 13.6 Å². The molecule has 3 fully saturated rings. The number of amides is 1. The predicted molar refractivity (Wildman–Crippen MR) is 92.5 cm³/mol. The molecule has 3 aliphatic rings. The van der Waals surface area contributed by atoms with E-state index in [9.17, 15) is 13.6 Å². The van der Waals surface area contributed by atoms with Crippen LogP contribution in [0.3, 0.4) is 0 Å². The van der Waals surface area contributed by atoms with E-state index in [0.29, 0.717) is 12.1 Å². The van der Waals surface area contributed by atoms with Crippen molar-refractivity contribution in [3.63, 3.8) is 0 Å². The van der Waals surface area contributed by atoms with E-state index in [2.05, 4.69) is 14.7 Å². The lowest BCUT2D eigenvalue weighted by Gasteiger charge is -2.47. The van der Waals surface area contributed by atoms with Crippen molar-refractivity contribution in [2.24, 2.45) is 0 Å². The molecule has 3 saturated heterocycles. The van der Waals surface area contributed by atoms with Crippen molar-refractivity contribution in [3.05, 3.63) is 29.8 Å². The summed E-state index contributed by atoms with van der Waals surface area (Å²) >= 11 is 0. The first-order valence-corrected chi connectivity index (χ1v) is 9.31. The van der Waals surface area contributed by atoms with E-state index in [1.165, 1.54) is 12.1 Å². The van der Waals surface area contributed by atoms with Crippen LogP contribution < -0.4 is 4.90 Å². The van der Waals surface area contributed by atoms with E-state index in [0.717, 1.165) is 57.5 Å². The zero-order valence-electron chi connectivity index (χ0n) is 14.6. The monoisotopic (exact) mass is 349 g/mol. The summed E-state index contributed by atoms with van der Waals surface area (Å²) in [5.41, 5.74) is 0.738. The maximum Gasteiger partial charge on any atom is 0.239 e. The van der Waals surface area contributed by atoms with Gasteiger partial charge in [0.2, 0.25) is 5.91 Å². The fourth-order valence-corrected chi connectivity index (χ4v) is 4.70. The number of piperidine rings is 1. The van der Waals surface area contributed by atoms with E-state index >= 15 is 0 Å². The molecule has 3 aliphatic heterocycles. The summed E-state index contributed by atoms with van der Waals surface area (Å²) in [7, 11) is 0. The third-order valence-corrected chi connectivity index (χ3v) is 6.14. The summed E-state index contributed by atoms with van der Waals surface area (Å²) in [6.45, 7) is 5.53. The number of piperazine rings is 1. The molecule has 0 aliphatic carbocycles. The van der Waals surface area contributed by atoms with Crippen molar-refractivity contribution in [3.8, 4) is 0 Å². The lowest BCUT2D eigenvalue weighted by atomic mass is 9.97. The van der Waals surface area contributed by atoms with E-state index < -0.39 is 11.6 Å². The van der Waals surface area contributed by atoms with Gasteiger partial charge in [0.1, 0.15) is 0 Å². The average molecular weight is 349 g/mol. The van der Waals surface area contributed by atoms with Gasteiger partial charge in [-0.3, -0.25) is 9.69 Å². The van der Waals surface area contributed by atoms with Gasteiger partial charge in [0.25, 0.3) is 0 Å². The Morgan fingerprint density at radius 2 is 1.76 bits per heavy atom. The first-order valence-electron chi connectivity index (χ1n) is 9.31. The van der Waals surface area contributed by atoms with Crippen LogP contribution in [0.2, 0.25) is 0 Å². The molecule has 0 spiro atoms. The van der Waals surface area contributed by atoms with E-state index in [1.807, 2.05) is 6.92 Å². The van der Waals surface area contributed by atoms with Gasteiger partial charge in [0.15, 0.2) is 11.6 Å². The minimum atomic E-state index is -0.805. The highest BCUT2D eigenvalue weighted by Gasteiger charge is 2.43. The lowest BCUT2D eigenvalue weighted by molar-refractivity contribution is -0.145. The molecule has 6 heteroatoms. The number of benzene rings is 1. The molecule has 0 bridgehead atoms. The zero-order valence-corrected chi connectivity index (χ0v) is 14.6. The van der Waals surface area contributed by atoms with Gasteiger partial charge in [-0.2, -0.15) is 0 Å². The summed E-state index contributed by atoms with van der Waals surface area (Å²) in [5.74, 6) is -1.33. The highest BCUT2D eigenvalue weighted by Crippen LogP contribution is 2.31. The van der Waals surface area contributed by atoms with Crippen LogP contribution in [0.15, 0.2) is 18.2 Å². The molecule has 136 valence electrons. The number of rotatable bonds is 2. The van der Waals surface area contributed by atoms with Crippen LogP contribution in [0.25, 0.3) is 0 Å². The quantitative estimate of drug-likeness (QED) is 0.821. The van der Waals surface area contributed by atoms with Crippen molar-refractivity contribution in [1.82, 2.24) is 9.80 Å². The van der Waals surface area contributed by atoms with E-state index in [4.69, 9.17) is 0 Å². The van der Waals surface area contributed by atoms with Gasteiger partial charge < -0.3 is 9.80 Å². The van der Waals surface area contributed by atoms with Crippen LogP contribution in [-0.4, -0.2) is 60.0 Å². The Kier molecular flexibility index (Phi) is 4.40. The second-order valence-corrected chi connectivity index (χ2v) is 7.52. The first-order chi connectivity index (χ1) is 12.0. The Morgan fingerprint density at radius 3 is 2.48 bits per heavy atom. The Labute approximate surface area is 147 Å². The molecular weight excluding hydrogens is 324 g/mol. The number of carbonyl (C=O) groups is 1. The molecule has 1 aromatic carbocycles. The van der Waals surface area contributed by atoms with Gasteiger partial charge in [-0.1, -0.05) is 0 Å². The highest BCUT2D eigenvalue weighted by molar-refractivity contribution is 5.83. The van der Waals surface area contributed by atoms with Crippen LogP contribution in [0.5, 0.6) is 0 Å². The minimum Gasteiger partial charge on any atom is -0.371 e. The Balaban J connectivity index is 1.41. The number of hydrogen-bond donors (Lipinski definition) is 0. The number of anilines is 1. The van der Waals surface area contributed by atoms with Gasteiger partial charge in [-0.25, -0.2) is 8.78 Å². The predicted octanol–water partition coefficient (Wildman–Crippen LogP) is 2.63. The molecule has 3 heterocycles. The molecule has 2 atom stereocenters. The molecule has 0 aromatic heterocycles. The second-order valence-electron chi connectivity index (χ2n) is 7.52. The molecule has 4 nitrogen and oxygen atoms in total. The normalized spacial score (nSPS) is 28.5. The minimum absolute atomic E-state index is 0.0471. The molecule has 4 rings (SSSR count). The summed E-state index contributed by atoms with van der Waals surface area (Å²) in [5, 5.41) is 0. The van der Waals surface area contributed by atoms with Gasteiger partial charge in [-0.05, 0) is 44.7 Å². The van der Waals surface area contributed by atoms with Gasteiger partial charge in [0, 0.05) is 50.0 Å². The number of fused-ring (bicyclic) bond motifs is 1. The zero-order chi connectivity index (χ0) is 17.6. The maximum absolute atomic E-state index is 13.5. The van der Waals surface area contributed by atoms with Gasteiger partial charge >= 0.3 is 0 Å². The number of hydrogen-bond acceptors (Lipinski definition) is 3. The van der Waals surface area contributed by atoms with Crippen LogP contribution in [-0.2, 0) is 4.79 Å². The Bertz CT molecular complexity index is 660. The largest absolute Gasteiger partial charge is 0.371 e. The molecule has 1 aromatic rings. The molecule has 0 N–H and O–H groups in total. The van der Waals surface area contributed by atoms with Crippen LogP contribution in [0.1, 0.15) is 32.6 Å². The van der Waals surface area contributed by atoms with Crippen molar-refractivity contribution in [1.29, 1.82) is 0 Å². The third-order valence-electron chi connectivity index (χ3n) is 6.14. The smallest absolute Gasteiger partial charge is 0.239 e. The summed E-state index contributed by atoms with van der Waals surface area (Å²) in [6, 6.07) is 4.84. The van der Waals surface area contributed by atoms with Crippen LogP contribution in [0.4, 0.5) is 14.5 Å². The van der Waals surface area contributed by atoms with Crippen molar-refractivity contribution in [2.45, 2.75) is 50.7 Å². The molecule has 1 amide bonds. The summed E-state index contributed by atoms with van der Waals surface area (Å²) in [4.78, 5) is 19.2. The van der Waals surface area contributed by atoms with Crippen molar-refractivity contribution >= 4 is 11.6 Å². The maximum atomic E-state index is 13.5. The molecule has 0 radical (unpaired) electrons.